The fourth-order valence-corrected chi connectivity index (χ4v) is 4.74. The van der Waals surface area contributed by atoms with Gasteiger partial charge < -0.3 is 0 Å². The Morgan fingerprint density at radius 3 is 2.40 bits per heavy atom. The molecule has 114 valence electrons. The second kappa shape index (κ2) is 8.13. The molecule has 0 saturated carbocycles. The zero-order chi connectivity index (χ0) is 15.3. The van der Waals surface area contributed by atoms with Crippen molar-refractivity contribution in [1.29, 1.82) is 0 Å². The number of hydrogen-bond donors (Lipinski definition) is 1. The molecule has 0 aliphatic carbocycles. The predicted molar refractivity (Wildman–Crippen MR) is 91.1 cm³/mol. The minimum atomic E-state index is -3.51. The van der Waals surface area contributed by atoms with Crippen molar-refractivity contribution < 1.29 is 8.42 Å². The van der Waals surface area contributed by atoms with E-state index in [0.717, 1.165) is 12.8 Å². The summed E-state index contributed by atoms with van der Waals surface area (Å²) in [6.07, 6.45) is 2.03. The number of alkyl halides is 1. The van der Waals surface area contributed by atoms with Crippen molar-refractivity contribution in [3.63, 3.8) is 0 Å². The molecule has 0 aliphatic heterocycles. The molecule has 0 aromatic heterocycles. The Morgan fingerprint density at radius 1 is 1.30 bits per heavy atom. The van der Waals surface area contributed by atoms with Crippen LogP contribution in [0.2, 0.25) is 5.02 Å². The van der Waals surface area contributed by atoms with Crippen LogP contribution in [0.5, 0.6) is 0 Å². The molecule has 0 spiro atoms. The topological polar surface area (TPSA) is 46.2 Å². The maximum absolute atomic E-state index is 12.2. The lowest BCUT2D eigenvalue weighted by atomic mass is 10.00. The number of nitrogens with one attached hydrogen (secondary N) is 1. The first-order chi connectivity index (χ1) is 9.31. The maximum atomic E-state index is 12.2. The number of halogens is 3. The number of rotatable bonds is 7. The summed E-state index contributed by atoms with van der Waals surface area (Å²) in [4.78, 5) is 0.334. The van der Waals surface area contributed by atoms with Crippen molar-refractivity contribution in [2.24, 2.45) is 5.92 Å². The van der Waals surface area contributed by atoms with Crippen molar-refractivity contribution in [2.45, 2.75) is 36.4 Å². The van der Waals surface area contributed by atoms with E-state index in [2.05, 4.69) is 50.4 Å². The smallest absolute Gasteiger partial charge is 0.210 e. The van der Waals surface area contributed by atoms with Crippen LogP contribution >= 0.6 is 43.5 Å². The van der Waals surface area contributed by atoms with Crippen LogP contribution in [0.3, 0.4) is 0 Å². The zero-order valence-corrected chi connectivity index (χ0v) is 16.1. The second-order valence-electron chi connectivity index (χ2n) is 4.52. The Balaban J connectivity index is 2.77. The third-order valence-electron chi connectivity index (χ3n) is 3.23. The fraction of sp³-hybridized carbons (Fsp3) is 0.538. The zero-order valence-electron chi connectivity index (χ0n) is 11.4. The summed E-state index contributed by atoms with van der Waals surface area (Å²) < 4.78 is 27.6. The van der Waals surface area contributed by atoms with E-state index in [1.165, 1.54) is 12.1 Å². The van der Waals surface area contributed by atoms with E-state index in [9.17, 15) is 8.42 Å². The Morgan fingerprint density at radius 2 is 1.90 bits per heavy atom. The normalized spacial score (nSPS) is 13.7. The van der Waals surface area contributed by atoms with E-state index >= 15 is 0 Å². The summed E-state index contributed by atoms with van der Waals surface area (Å²) in [5.41, 5.74) is 0. The minimum Gasteiger partial charge on any atom is -0.210 e. The first kappa shape index (κ1) is 18.4. The molecule has 0 saturated heterocycles. The molecule has 3 nitrogen and oxygen atoms in total. The average molecular weight is 448 g/mol. The van der Waals surface area contributed by atoms with Gasteiger partial charge in [0.05, 0.1) is 9.92 Å². The van der Waals surface area contributed by atoms with Gasteiger partial charge in [-0.1, -0.05) is 54.2 Å². The molecule has 7 heteroatoms. The fourth-order valence-electron chi connectivity index (χ4n) is 1.88. The van der Waals surface area contributed by atoms with Gasteiger partial charge in [0.25, 0.3) is 0 Å². The summed E-state index contributed by atoms with van der Waals surface area (Å²) in [7, 11) is -3.51. The van der Waals surface area contributed by atoms with Gasteiger partial charge in [-0.3, -0.25) is 0 Å². The van der Waals surface area contributed by atoms with Crippen molar-refractivity contribution in [2.75, 3.05) is 6.54 Å². The van der Waals surface area contributed by atoms with Crippen LogP contribution in [0.25, 0.3) is 0 Å². The third kappa shape index (κ3) is 4.98. The first-order valence-corrected chi connectivity index (χ1v) is 9.97. The van der Waals surface area contributed by atoms with Crippen molar-refractivity contribution in [3.05, 3.63) is 27.7 Å². The van der Waals surface area contributed by atoms with Crippen LogP contribution in [0.1, 0.15) is 26.7 Å². The summed E-state index contributed by atoms with van der Waals surface area (Å²) >= 11 is 12.7. The van der Waals surface area contributed by atoms with Crippen LogP contribution in [-0.4, -0.2) is 19.8 Å². The van der Waals surface area contributed by atoms with Gasteiger partial charge in [0.15, 0.2) is 0 Å². The van der Waals surface area contributed by atoms with E-state index in [1.807, 2.05) is 0 Å². The quantitative estimate of drug-likeness (QED) is 0.622. The summed E-state index contributed by atoms with van der Waals surface area (Å²) in [5, 5.41) is 0.486. The van der Waals surface area contributed by atoms with E-state index < -0.39 is 10.0 Å². The van der Waals surface area contributed by atoms with Gasteiger partial charge in [-0.25, -0.2) is 13.1 Å². The molecule has 0 heterocycles. The molecular weight excluding hydrogens is 429 g/mol. The van der Waals surface area contributed by atoms with Crippen LogP contribution in [0, 0.1) is 5.92 Å². The number of hydrogen-bond acceptors (Lipinski definition) is 2. The first-order valence-electron chi connectivity index (χ1n) is 6.40. The van der Waals surface area contributed by atoms with Gasteiger partial charge >= 0.3 is 0 Å². The molecule has 0 radical (unpaired) electrons. The Hall–Kier alpha value is 0.380. The third-order valence-corrected chi connectivity index (χ3v) is 6.94. The highest BCUT2D eigenvalue weighted by Gasteiger charge is 2.20. The van der Waals surface area contributed by atoms with Gasteiger partial charge in [-0.2, -0.15) is 0 Å². The van der Waals surface area contributed by atoms with Gasteiger partial charge in [-0.15, -0.1) is 0 Å². The van der Waals surface area contributed by atoms with Crippen molar-refractivity contribution in [1.82, 2.24) is 4.72 Å². The molecule has 1 aromatic rings. The monoisotopic (exact) mass is 445 g/mol. The summed E-state index contributed by atoms with van der Waals surface area (Å²) in [6.45, 7) is 4.58. The largest absolute Gasteiger partial charge is 0.240 e. The SMILES string of the molecule is CCC(CC)C(Br)CNS(=O)(=O)c1ccc(Cl)c(Br)c1. The highest BCUT2D eigenvalue weighted by atomic mass is 79.9. The van der Waals surface area contributed by atoms with E-state index in [1.54, 1.807) is 6.07 Å². The van der Waals surface area contributed by atoms with E-state index in [-0.39, 0.29) is 9.72 Å². The summed E-state index contributed by atoms with van der Waals surface area (Å²) in [5.74, 6) is 0.453. The van der Waals surface area contributed by atoms with Gasteiger partial charge in [0.2, 0.25) is 10.0 Å². The van der Waals surface area contributed by atoms with Crippen molar-refractivity contribution in [3.8, 4) is 0 Å². The predicted octanol–water partition coefficient (Wildman–Crippen LogP) is 4.58. The highest BCUT2D eigenvalue weighted by Crippen LogP contribution is 2.25. The molecular formula is C13H18Br2ClNO2S. The summed E-state index contributed by atoms with van der Waals surface area (Å²) in [6, 6.07) is 4.56. The van der Waals surface area contributed by atoms with Crippen LogP contribution in [0.15, 0.2) is 27.6 Å². The van der Waals surface area contributed by atoms with Gasteiger partial charge in [0.1, 0.15) is 0 Å². The van der Waals surface area contributed by atoms with Crippen LogP contribution in [0.4, 0.5) is 0 Å². The Labute approximate surface area is 142 Å². The van der Waals surface area contributed by atoms with Crippen LogP contribution in [-0.2, 0) is 10.0 Å². The Bertz CT molecular complexity index is 547. The molecule has 1 aromatic carbocycles. The minimum absolute atomic E-state index is 0.128. The standard InChI is InChI=1S/C13H18Br2ClNO2S/c1-3-9(4-2)12(15)8-17-20(18,19)10-5-6-13(16)11(14)7-10/h5-7,9,12,17H,3-4,8H2,1-2H3. The lowest BCUT2D eigenvalue weighted by Crippen LogP contribution is -2.33. The second-order valence-corrected chi connectivity index (χ2v) is 8.73. The van der Waals surface area contributed by atoms with E-state index in [0.29, 0.717) is 22.0 Å². The number of benzene rings is 1. The molecule has 0 amide bonds. The van der Waals surface area contributed by atoms with Gasteiger partial charge in [-0.05, 0) is 40.0 Å². The average Bonchev–Trinajstić information content (AvgIpc) is 2.41. The number of sulfonamides is 1. The van der Waals surface area contributed by atoms with Gasteiger partial charge in [0, 0.05) is 15.8 Å². The Kier molecular flexibility index (Phi) is 7.49. The maximum Gasteiger partial charge on any atom is 0.240 e. The molecule has 1 unspecified atom stereocenters. The molecule has 0 bridgehead atoms. The molecule has 0 fully saturated rings. The molecule has 20 heavy (non-hydrogen) atoms. The molecule has 1 atom stereocenters. The van der Waals surface area contributed by atoms with Crippen molar-refractivity contribution >= 4 is 53.5 Å². The highest BCUT2D eigenvalue weighted by molar-refractivity contribution is 9.10. The lowest BCUT2D eigenvalue weighted by molar-refractivity contribution is 0.471. The van der Waals surface area contributed by atoms with Crippen LogP contribution < -0.4 is 4.72 Å². The molecule has 0 aliphatic rings. The lowest BCUT2D eigenvalue weighted by Gasteiger charge is -2.20. The molecule has 1 rings (SSSR count). The molecule has 1 N–H and O–H groups in total. The van der Waals surface area contributed by atoms with E-state index in [4.69, 9.17) is 11.6 Å².